The predicted molar refractivity (Wildman–Crippen MR) is 89.0 cm³/mol. The first kappa shape index (κ1) is 16.7. The summed E-state index contributed by atoms with van der Waals surface area (Å²) < 4.78 is 24.3. The van der Waals surface area contributed by atoms with Crippen LogP contribution in [0.3, 0.4) is 0 Å². The van der Waals surface area contributed by atoms with Crippen molar-refractivity contribution in [1.82, 2.24) is 5.32 Å². The van der Waals surface area contributed by atoms with Crippen molar-refractivity contribution in [2.45, 2.75) is 6.10 Å². The minimum atomic E-state index is -0.816. The fourth-order valence-corrected chi connectivity index (χ4v) is 2.75. The highest BCUT2D eigenvalue weighted by molar-refractivity contribution is 6.25. The summed E-state index contributed by atoms with van der Waals surface area (Å²) in [4.78, 5) is 24.6. The molecule has 1 heterocycles. The van der Waals surface area contributed by atoms with E-state index in [1.807, 2.05) is 6.07 Å². The molecule has 0 bridgehead atoms. The van der Waals surface area contributed by atoms with Crippen LogP contribution < -0.4 is 5.32 Å². The Bertz CT molecular complexity index is 861. The van der Waals surface area contributed by atoms with E-state index in [2.05, 4.69) is 10.1 Å². The predicted octanol–water partition coefficient (Wildman–Crippen LogP) is 2.84. The zero-order valence-electron chi connectivity index (χ0n) is 13.7. The van der Waals surface area contributed by atoms with Crippen molar-refractivity contribution >= 4 is 17.3 Å². The van der Waals surface area contributed by atoms with Crippen molar-refractivity contribution < 1.29 is 23.5 Å². The number of hydrogen-bond donors (Lipinski definition) is 1. The molecule has 0 amide bonds. The summed E-state index contributed by atoms with van der Waals surface area (Å²) in [5.74, 6) is -1.40. The molecule has 128 valence electrons. The summed E-state index contributed by atoms with van der Waals surface area (Å²) in [6.45, 7) is 0. The van der Waals surface area contributed by atoms with Crippen LogP contribution in [0.4, 0.5) is 4.39 Å². The van der Waals surface area contributed by atoms with E-state index >= 15 is 0 Å². The SMILES string of the molecule is CNC1=C(c2cc(F)cc(C(=O)OC)c2)C(=O)C(c2ccccc2)O1. The van der Waals surface area contributed by atoms with Crippen LogP contribution in [0.15, 0.2) is 54.4 Å². The third-order valence-corrected chi connectivity index (χ3v) is 3.88. The molecule has 0 saturated heterocycles. The van der Waals surface area contributed by atoms with E-state index in [1.54, 1.807) is 31.3 Å². The van der Waals surface area contributed by atoms with E-state index in [0.29, 0.717) is 5.56 Å². The number of esters is 1. The summed E-state index contributed by atoms with van der Waals surface area (Å²) in [7, 11) is 2.82. The van der Waals surface area contributed by atoms with Crippen LogP contribution >= 0.6 is 0 Å². The zero-order chi connectivity index (χ0) is 18.0. The highest BCUT2D eigenvalue weighted by Gasteiger charge is 2.37. The third-order valence-electron chi connectivity index (χ3n) is 3.88. The fraction of sp³-hybridized carbons (Fsp3) is 0.158. The Hall–Kier alpha value is -3.15. The lowest BCUT2D eigenvalue weighted by molar-refractivity contribution is -0.120. The Balaban J connectivity index is 2.05. The first-order valence-electron chi connectivity index (χ1n) is 7.62. The molecule has 1 aliphatic heterocycles. The van der Waals surface area contributed by atoms with Gasteiger partial charge < -0.3 is 14.8 Å². The molecule has 0 aromatic heterocycles. The second kappa shape index (κ2) is 6.76. The number of ketones is 1. The largest absolute Gasteiger partial charge is 0.465 e. The van der Waals surface area contributed by atoms with Crippen LogP contribution in [0.25, 0.3) is 5.57 Å². The Labute approximate surface area is 144 Å². The summed E-state index contributed by atoms with van der Waals surface area (Å²) in [6.07, 6.45) is -0.816. The van der Waals surface area contributed by atoms with Crippen LogP contribution in [0.5, 0.6) is 0 Å². The molecule has 0 saturated carbocycles. The maximum Gasteiger partial charge on any atom is 0.337 e. The first-order valence-corrected chi connectivity index (χ1v) is 7.62. The molecule has 5 nitrogen and oxygen atoms in total. The Morgan fingerprint density at radius 2 is 1.92 bits per heavy atom. The molecule has 2 aromatic rings. The number of hydrogen-bond acceptors (Lipinski definition) is 5. The summed E-state index contributed by atoms with van der Waals surface area (Å²) in [5, 5.41) is 2.82. The van der Waals surface area contributed by atoms with Gasteiger partial charge in [-0.3, -0.25) is 4.79 Å². The fourth-order valence-electron chi connectivity index (χ4n) is 2.75. The summed E-state index contributed by atoms with van der Waals surface area (Å²) >= 11 is 0. The van der Waals surface area contributed by atoms with Gasteiger partial charge in [-0.15, -0.1) is 0 Å². The number of ether oxygens (including phenoxy) is 2. The van der Waals surface area contributed by atoms with Gasteiger partial charge in [0.25, 0.3) is 0 Å². The molecular formula is C19H16FNO4. The molecule has 1 N–H and O–H groups in total. The van der Waals surface area contributed by atoms with Crippen LogP contribution in [0.2, 0.25) is 0 Å². The third kappa shape index (κ3) is 3.10. The van der Waals surface area contributed by atoms with Gasteiger partial charge in [0, 0.05) is 12.6 Å². The minimum absolute atomic E-state index is 0.0245. The van der Waals surface area contributed by atoms with E-state index in [-0.39, 0.29) is 28.4 Å². The minimum Gasteiger partial charge on any atom is -0.465 e. The summed E-state index contributed by atoms with van der Waals surface area (Å²) in [5.41, 5.74) is 1.17. The monoisotopic (exact) mass is 341 g/mol. The number of Topliss-reactive ketones (excluding diaryl/α,β-unsaturated/α-hetero) is 1. The van der Waals surface area contributed by atoms with E-state index in [0.717, 1.165) is 6.07 Å². The van der Waals surface area contributed by atoms with Crippen molar-refractivity contribution in [2.24, 2.45) is 0 Å². The number of benzene rings is 2. The van der Waals surface area contributed by atoms with Crippen LogP contribution in [0.1, 0.15) is 27.6 Å². The van der Waals surface area contributed by atoms with Crippen LogP contribution in [-0.2, 0) is 14.3 Å². The number of rotatable bonds is 4. The lowest BCUT2D eigenvalue weighted by Crippen LogP contribution is -2.10. The molecule has 6 heteroatoms. The van der Waals surface area contributed by atoms with Crippen molar-refractivity contribution in [1.29, 1.82) is 0 Å². The number of carbonyl (C=O) groups is 2. The molecule has 0 radical (unpaired) electrons. The van der Waals surface area contributed by atoms with E-state index in [9.17, 15) is 14.0 Å². The Kier molecular flexibility index (Phi) is 4.52. The van der Waals surface area contributed by atoms with Gasteiger partial charge in [-0.05, 0) is 23.8 Å². The number of halogens is 1. The first-order chi connectivity index (χ1) is 12.0. The van der Waals surface area contributed by atoms with Crippen molar-refractivity contribution in [3.05, 3.63) is 76.9 Å². The Morgan fingerprint density at radius 3 is 2.56 bits per heavy atom. The lowest BCUT2D eigenvalue weighted by Gasteiger charge is -2.11. The maximum atomic E-state index is 14.0. The highest BCUT2D eigenvalue weighted by atomic mass is 19.1. The van der Waals surface area contributed by atoms with Crippen LogP contribution in [-0.4, -0.2) is 25.9 Å². The van der Waals surface area contributed by atoms with Crippen molar-refractivity contribution in [3.63, 3.8) is 0 Å². The van der Waals surface area contributed by atoms with E-state index in [1.165, 1.54) is 19.2 Å². The zero-order valence-corrected chi connectivity index (χ0v) is 13.7. The number of carbonyl (C=O) groups excluding carboxylic acids is 2. The average Bonchev–Trinajstić information content (AvgIpc) is 2.97. The van der Waals surface area contributed by atoms with Gasteiger partial charge in [0.05, 0.1) is 18.2 Å². The maximum absolute atomic E-state index is 14.0. The molecule has 1 atom stereocenters. The van der Waals surface area contributed by atoms with E-state index < -0.39 is 17.9 Å². The van der Waals surface area contributed by atoms with Gasteiger partial charge in [0.15, 0.2) is 12.0 Å². The number of methoxy groups -OCH3 is 1. The van der Waals surface area contributed by atoms with Gasteiger partial charge >= 0.3 is 5.97 Å². The molecule has 25 heavy (non-hydrogen) atoms. The Morgan fingerprint density at radius 1 is 1.20 bits per heavy atom. The van der Waals surface area contributed by atoms with Gasteiger partial charge in [0.2, 0.25) is 5.78 Å². The normalized spacial score (nSPS) is 16.6. The van der Waals surface area contributed by atoms with Gasteiger partial charge in [-0.1, -0.05) is 30.3 Å². The molecular weight excluding hydrogens is 325 g/mol. The highest BCUT2D eigenvalue weighted by Crippen LogP contribution is 2.37. The molecule has 3 rings (SSSR count). The summed E-state index contributed by atoms with van der Waals surface area (Å²) in [6, 6.07) is 12.7. The molecule has 1 unspecified atom stereocenters. The molecule has 0 spiro atoms. The molecule has 0 aliphatic carbocycles. The lowest BCUT2D eigenvalue weighted by atomic mass is 9.95. The smallest absolute Gasteiger partial charge is 0.337 e. The number of nitrogens with one attached hydrogen (secondary N) is 1. The van der Waals surface area contributed by atoms with Crippen molar-refractivity contribution in [3.8, 4) is 0 Å². The second-order valence-electron chi connectivity index (χ2n) is 5.45. The average molecular weight is 341 g/mol. The van der Waals surface area contributed by atoms with Gasteiger partial charge in [0.1, 0.15) is 5.82 Å². The quantitative estimate of drug-likeness (QED) is 0.867. The molecule has 2 aromatic carbocycles. The van der Waals surface area contributed by atoms with Gasteiger partial charge in [-0.25, -0.2) is 9.18 Å². The second-order valence-corrected chi connectivity index (χ2v) is 5.45. The topological polar surface area (TPSA) is 64.6 Å². The van der Waals surface area contributed by atoms with Crippen molar-refractivity contribution in [2.75, 3.05) is 14.2 Å². The molecule has 1 aliphatic rings. The van der Waals surface area contributed by atoms with Crippen LogP contribution in [0, 0.1) is 5.82 Å². The standard InChI is InChI=1S/C19H16FNO4/c1-21-18-15(12-8-13(19(23)24-2)10-14(20)9-12)16(22)17(25-18)11-6-4-3-5-7-11/h3-10,17,21H,1-2H3. The van der Waals surface area contributed by atoms with Gasteiger partial charge in [-0.2, -0.15) is 0 Å². The van der Waals surface area contributed by atoms with E-state index in [4.69, 9.17) is 4.74 Å². The molecule has 0 fully saturated rings.